The Bertz CT molecular complexity index is 2070. The molecule has 3 heterocycles. The zero-order valence-corrected chi connectivity index (χ0v) is 32.7. The van der Waals surface area contributed by atoms with Crippen molar-refractivity contribution in [2.45, 2.75) is 52.9 Å². The first-order valence-corrected chi connectivity index (χ1v) is 18.9. The highest BCUT2D eigenvalue weighted by Gasteiger charge is 2.64. The van der Waals surface area contributed by atoms with Crippen LogP contribution in [-0.4, -0.2) is 100 Å². The number of para-hydroxylation sites is 1. The number of aromatic nitrogens is 4. The van der Waals surface area contributed by atoms with Gasteiger partial charge in [-0.2, -0.15) is 5.26 Å². The highest BCUT2D eigenvalue weighted by molar-refractivity contribution is 6.31. The maximum absolute atomic E-state index is 13.2. The lowest BCUT2D eigenvalue weighted by atomic mass is 9.49. The summed E-state index contributed by atoms with van der Waals surface area (Å²) in [5.41, 5.74) is 7.94. The third kappa shape index (κ3) is 8.94. The summed E-state index contributed by atoms with van der Waals surface area (Å²) < 4.78 is 12.0. The van der Waals surface area contributed by atoms with E-state index in [0.29, 0.717) is 90.6 Å². The van der Waals surface area contributed by atoms with E-state index in [4.69, 9.17) is 32.1 Å². The quantitative estimate of drug-likeness (QED) is 0.133. The van der Waals surface area contributed by atoms with Crippen LogP contribution in [0.4, 0.5) is 11.5 Å². The van der Waals surface area contributed by atoms with Crippen LogP contribution in [0.3, 0.4) is 0 Å². The Morgan fingerprint density at radius 3 is 2.43 bits per heavy atom. The molecule has 2 aliphatic rings. The number of carbonyl (C=O) groups is 2. The molecule has 6 rings (SSSR count). The SMILES string of the molecule is CC1(C)C(NC(=O)c2cnc(COCCCNC(=O)CN3CCN(c4cc(-c5ccccc5O)nnc4N)CC3)nc2)C(C)(C)C1Oc1ccc(C#N)c(Cl)c1. The number of nitrogens with one attached hydrogen (secondary N) is 2. The van der Waals surface area contributed by atoms with Crippen molar-refractivity contribution in [3.05, 3.63) is 82.9 Å². The number of hydrogen-bond donors (Lipinski definition) is 4. The van der Waals surface area contributed by atoms with Crippen molar-refractivity contribution in [2.75, 3.05) is 56.5 Å². The molecule has 294 valence electrons. The molecule has 1 saturated heterocycles. The Morgan fingerprint density at radius 1 is 1.04 bits per heavy atom. The lowest BCUT2D eigenvalue weighted by Gasteiger charge is -2.63. The lowest BCUT2D eigenvalue weighted by molar-refractivity contribution is -0.164. The van der Waals surface area contributed by atoms with Gasteiger partial charge in [0.2, 0.25) is 5.91 Å². The van der Waals surface area contributed by atoms with Crippen LogP contribution in [0.15, 0.2) is 60.9 Å². The molecule has 2 amide bonds. The highest BCUT2D eigenvalue weighted by Crippen LogP contribution is 2.55. The molecule has 5 N–H and O–H groups in total. The van der Waals surface area contributed by atoms with Crippen LogP contribution in [0.25, 0.3) is 11.3 Å². The molecule has 1 aliphatic heterocycles. The number of benzene rings is 2. The molecular weight excluding hydrogens is 736 g/mol. The number of piperazine rings is 1. The standard InChI is InChI=1S/C40H47ClN10O5/c1-39(2)37(40(3,4)38(39)56-27-11-10-25(20-42)29(41)18-27)47-36(54)26-21-45-33(46-22-26)24-55-17-7-12-44-34(53)23-50-13-15-51(16-14-50)31-19-30(48-49-35(31)43)28-8-5-6-9-32(28)52/h5-6,8-11,18-19,21-22,37-38,52H,7,12-17,23-24H2,1-4H3,(H2,43,49)(H,44,53)(H,47,54). The number of aromatic hydroxyl groups is 1. The molecule has 0 radical (unpaired) electrons. The van der Waals surface area contributed by atoms with E-state index in [1.165, 1.54) is 12.4 Å². The summed E-state index contributed by atoms with van der Waals surface area (Å²) >= 11 is 6.21. The van der Waals surface area contributed by atoms with Gasteiger partial charge in [0.1, 0.15) is 30.3 Å². The minimum atomic E-state index is -0.404. The van der Waals surface area contributed by atoms with Gasteiger partial charge in [0, 0.05) is 80.2 Å². The summed E-state index contributed by atoms with van der Waals surface area (Å²) in [6, 6.07) is 15.6. The maximum atomic E-state index is 13.2. The van der Waals surface area contributed by atoms with Gasteiger partial charge in [-0.1, -0.05) is 51.4 Å². The van der Waals surface area contributed by atoms with Crippen LogP contribution in [0.1, 0.15) is 55.9 Å². The lowest BCUT2D eigenvalue weighted by Crippen LogP contribution is -2.74. The van der Waals surface area contributed by atoms with Crippen LogP contribution in [-0.2, 0) is 16.1 Å². The van der Waals surface area contributed by atoms with Gasteiger partial charge in [-0.05, 0) is 36.8 Å². The number of carbonyl (C=O) groups excluding carboxylic acids is 2. The smallest absolute Gasteiger partial charge is 0.254 e. The minimum Gasteiger partial charge on any atom is -0.507 e. The average molecular weight is 783 g/mol. The zero-order chi connectivity index (χ0) is 40.0. The van der Waals surface area contributed by atoms with Crippen molar-refractivity contribution in [2.24, 2.45) is 10.8 Å². The first kappa shape index (κ1) is 40.1. The van der Waals surface area contributed by atoms with Crippen molar-refractivity contribution in [1.29, 1.82) is 5.26 Å². The predicted molar refractivity (Wildman–Crippen MR) is 211 cm³/mol. The monoisotopic (exact) mass is 782 g/mol. The summed E-state index contributed by atoms with van der Waals surface area (Å²) in [6.07, 6.45) is 3.37. The number of hydrogen-bond acceptors (Lipinski definition) is 13. The number of halogens is 1. The van der Waals surface area contributed by atoms with E-state index in [1.54, 1.807) is 36.4 Å². The van der Waals surface area contributed by atoms with Crippen molar-refractivity contribution < 1.29 is 24.2 Å². The molecule has 1 aliphatic carbocycles. The van der Waals surface area contributed by atoms with Crippen LogP contribution in [0.5, 0.6) is 11.5 Å². The second kappa shape index (κ2) is 17.1. The Morgan fingerprint density at radius 2 is 1.75 bits per heavy atom. The fraction of sp³-hybridized carbons (Fsp3) is 0.425. The number of nitrogen functional groups attached to an aromatic ring is 1. The van der Waals surface area contributed by atoms with E-state index in [2.05, 4.69) is 40.6 Å². The third-order valence-corrected chi connectivity index (χ3v) is 10.8. The molecule has 2 aromatic carbocycles. The number of rotatable bonds is 14. The molecule has 0 atom stereocenters. The molecule has 2 fully saturated rings. The third-order valence-electron chi connectivity index (χ3n) is 10.5. The normalized spacial score (nSPS) is 18.7. The minimum absolute atomic E-state index is 0.0597. The number of nitriles is 1. The number of nitrogens with zero attached hydrogens (tertiary/aromatic N) is 7. The first-order valence-electron chi connectivity index (χ1n) is 18.5. The van der Waals surface area contributed by atoms with Gasteiger partial charge in [-0.3, -0.25) is 14.5 Å². The average Bonchev–Trinajstić information content (AvgIpc) is 3.18. The van der Waals surface area contributed by atoms with Gasteiger partial charge in [0.25, 0.3) is 5.91 Å². The molecule has 56 heavy (non-hydrogen) atoms. The zero-order valence-electron chi connectivity index (χ0n) is 32.0. The van der Waals surface area contributed by atoms with Crippen LogP contribution in [0, 0.1) is 22.2 Å². The van der Waals surface area contributed by atoms with Crippen molar-refractivity contribution >= 4 is 34.9 Å². The van der Waals surface area contributed by atoms with Crippen molar-refractivity contribution in [1.82, 2.24) is 35.7 Å². The number of phenols is 1. The number of ether oxygens (including phenoxy) is 2. The second-order valence-corrected chi connectivity index (χ2v) is 15.6. The van der Waals surface area contributed by atoms with E-state index in [9.17, 15) is 14.7 Å². The van der Waals surface area contributed by atoms with Crippen molar-refractivity contribution in [3.63, 3.8) is 0 Å². The van der Waals surface area contributed by atoms with Gasteiger partial charge in [-0.25, -0.2) is 9.97 Å². The molecular formula is C40H47ClN10O5. The summed E-state index contributed by atoms with van der Waals surface area (Å²) in [4.78, 5) is 38.7. The van der Waals surface area contributed by atoms with Crippen LogP contribution in [0.2, 0.25) is 5.02 Å². The molecule has 16 heteroatoms. The van der Waals surface area contributed by atoms with Crippen LogP contribution >= 0.6 is 11.6 Å². The van der Waals surface area contributed by atoms with E-state index in [-0.39, 0.29) is 42.9 Å². The Balaban J connectivity index is 0.870. The fourth-order valence-electron chi connectivity index (χ4n) is 7.79. The number of phenolic OH excluding ortho intramolecular Hbond substituents is 1. The van der Waals surface area contributed by atoms with E-state index in [0.717, 1.165) is 5.69 Å². The Kier molecular flexibility index (Phi) is 12.2. The van der Waals surface area contributed by atoms with Crippen molar-refractivity contribution in [3.8, 4) is 28.8 Å². The largest absolute Gasteiger partial charge is 0.507 e. The Hall–Kier alpha value is -5.56. The summed E-state index contributed by atoms with van der Waals surface area (Å²) in [6.45, 7) is 12.2. The summed E-state index contributed by atoms with van der Waals surface area (Å²) in [7, 11) is 0. The van der Waals surface area contributed by atoms with Gasteiger partial charge in [0.05, 0.1) is 34.1 Å². The molecule has 0 bridgehead atoms. The summed E-state index contributed by atoms with van der Waals surface area (Å²) in [5.74, 6) is 1.11. The molecule has 0 unspecified atom stereocenters. The molecule has 4 aromatic rings. The molecule has 15 nitrogen and oxygen atoms in total. The van der Waals surface area contributed by atoms with Gasteiger partial charge < -0.3 is 35.8 Å². The van der Waals surface area contributed by atoms with E-state index >= 15 is 0 Å². The van der Waals surface area contributed by atoms with Gasteiger partial charge >= 0.3 is 0 Å². The van der Waals surface area contributed by atoms with E-state index in [1.807, 2.05) is 45.9 Å². The predicted octanol–water partition coefficient (Wildman–Crippen LogP) is 4.20. The molecule has 0 spiro atoms. The number of anilines is 2. The van der Waals surface area contributed by atoms with Crippen LogP contribution < -0.4 is 26.0 Å². The topological polar surface area (TPSA) is 205 Å². The second-order valence-electron chi connectivity index (χ2n) is 15.2. The van der Waals surface area contributed by atoms with Gasteiger partial charge in [0.15, 0.2) is 11.6 Å². The molecule has 1 saturated carbocycles. The molecule has 2 aromatic heterocycles. The highest BCUT2D eigenvalue weighted by atomic mass is 35.5. The first-order chi connectivity index (χ1) is 26.8. The van der Waals surface area contributed by atoms with E-state index < -0.39 is 10.8 Å². The number of nitrogens with two attached hydrogens (primary N) is 1. The maximum Gasteiger partial charge on any atom is 0.254 e. The number of amides is 2. The van der Waals surface area contributed by atoms with Gasteiger partial charge in [-0.15, -0.1) is 10.2 Å². The summed E-state index contributed by atoms with van der Waals surface area (Å²) in [5, 5.41) is 34.1. The Labute approximate surface area is 331 Å². The fourth-order valence-corrected chi connectivity index (χ4v) is 8.01.